The molecule has 1 aromatic heterocycles. The number of benzene rings is 3. The molecule has 0 saturated heterocycles. The highest BCUT2D eigenvalue weighted by molar-refractivity contribution is 7.92. The Morgan fingerprint density at radius 1 is 0.980 bits per heavy atom. The number of halogens is 5. The van der Waals surface area contributed by atoms with Crippen LogP contribution in [0.3, 0.4) is 0 Å². The Balaban J connectivity index is 1.72. The molecule has 0 fully saturated rings. The predicted octanol–water partition coefficient (Wildman–Crippen LogP) is 5.96. The van der Waals surface area contributed by atoms with Gasteiger partial charge in [-0.25, -0.2) is 36.3 Å². The predicted molar refractivity (Wildman–Crippen MR) is 176 cm³/mol. The molecule has 0 radical (unpaired) electrons. The van der Waals surface area contributed by atoms with Gasteiger partial charge in [-0.2, -0.15) is 8.78 Å². The standard InChI is InChI=1S/C31H31ClF4N6O7S/c1-37-31(43)48-10-9-41(2)26-11-21(49-29(35)36)7-8-24(26)40-25-14-23(34)28(13-22(25)32)50(44,45)42(30-38-15-19(33)16-39-30)17-18-5-6-20(46-3)12-27(18)47-4/h5-8,11-16,29,40H,9-10,17H2,1-4H3,(H,37,43). The number of anilines is 4. The van der Waals surface area contributed by atoms with E-state index in [2.05, 4.69) is 25.3 Å². The topological polar surface area (TPSA) is 144 Å². The number of sulfonamides is 1. The van der Waals surface area contributed by atoms with Crippen LogP contribution in [-0.2, 0) is 21.3 Å². The summed E-state index contributed by atoms with van der Waals surface area (Å²) >= 11 is 6.51. The molecule has 50 heavy (non-hydrogen) atoms. The molecule has 268 valence electrons. The van der Waals surface area contributed by atoms with Gasteiger partial charge in [0.2, 0.25) is 5.95 Å². The van der Waals surface area contributed by atoms with Crippen LogP contribution in [0.2, 0.25) is 5.02 Å². The highest BCUT2D eigenvalue weighted by Crippen LogP contribution is 2.38. The number of aromatic nitrogens is 2. The zero-order valence-corrected chi connectivity index (χ0v) is 28.5. The Labute approximate surface area is 289 Å². The first kappa shape index (κ1) is 37.6. The van der Waals surface area contributed by atoms with Gasteiger partial charge in [0.05, 0.1) is 61.8 Å². The van der Waals surface area contributed by atoms with E-state index < -0.39 is 51.8 Å². The lowest BCUT2D eigenvalue weighted by Gasteiger charge is -2.25. The fourth-order valence-corrected chi connectivity index (χ4v) is 6.20. The number of hydrogen-bond acceptors (Lipinski definition) is 11. The largest absolute Gasteiger partial charge is 0.497 e. The zero-order chi connectivity index (χ0) is 36.6. The van der Waals surface area contributed by atoms with Gasteiger partial charge in [-0.3, -0.25) is 0 Å². The Bertz CT molecular complexity index is 1930. The molecule has 4 rings (SSSR count). The maximum Gasteiger partial charge on any atom is 0.406 e. The summed E-state index contributed by atoms with van der Waals surface area (Å²) in [6.07, 6.45) is 0.823. The molecule has 0 bridgehead atoms. The normalized spacial score (nSPS) is 11.2. The number of carbonyl (C=O) groups is 1. The fraction of sp³-hybridized carbons (Fsp3) is 0.258. The molecular formula is C31H31ClF4N6O7S. The molecule has 4 aromatic rings. The third kappa shape index (κ3) is 9.06. The Morgan fingerprint density at radius 2 is 1.68 bits per heavy atom. The van der Waals surface area contributed by atoms with Crippen LogP contribution < -0.4 is 34.0 Å². The van der Waals surface area contributed by atoms with Crippen LogP contribution in [0.1, 0.15) is 5.56 Å². The number of amides is 1. The van der Waals surface area contributed by atoms with Crippen molar-refractivity contribution in [2.45, 2.75) is 18.1 Å². The van der Waals surface area contributed by atoms with E-state index in [0.29, 0.717) is 15.6 Å². The highest BCUT2D eigenvalue weighted by atomic mass is 35.5. The van der Waals surface area contributed by atoms with Crippen molar-refractivity contribution in [2.75, 3.05) is 56.0 Å². The Morgan fingerprint density at radius 3 is 2.32 bits per heavy atom. The average molecular weight is 743 g/mol. The van der Waals surface area contributed by atoms with E-state index in [0.717, 1.165) is 24.5 Å². The van der Waals surface area contributed by atoms with Crippen molar-refractivity contribution in [3.8, 4) is 17.2 Å². The summed E-state index contributed by atoms with van der Waals surface area (Å²) < 4.78 is 104. The number of nitrogens with one attached hydrogen (secondary N) is 2. The number of carbonyl (C=O) groups excluding carboxylic acids is 1. The summed E-state index contributed by atoms with van der Waals surface area (Å²) in [5.74, 6) is -2.10. The first-order valence-corrected chi connectivity index (χ1v) is 16.2. The Hall–Kier alpha value is -5.23. The summed E-state index contributed by atoms with van der Waals surface area (Å²) in [4.78, 5) is 19.7. The van der Waals surface area contributed by atoms with Gasteiger partial charge in [0.1, 0.15) is 34.6 Å². The third-order valence-corrected chi connectivity index (χ3v) is 9.02. The van der Waals surface area contributed by atoms with E-state index in [1.165, 1.54) is 51.6 Å². The first-order chi connectivity index (χ1) is 23.8. The van der Waals surface area contributed by atoms with Crippen LogP contribution in [0, 0.1) is 11.6 Å². The van der Waals surface area contributed by atoms with E-state index in [-0.39, 0.29) is 46.7 Å². The maximum absolute atomic E-state index is 15.9. The molecule has 0 aliphatic rings. The van der Waals surface area contributed by atoms with Crippen molar-refractivity contribution in [2.24, 2.45) is 0 Å². The molecule has 13 nitrogen and oxygen atoms in total. The molecule has 1 amide bonds. The van der Waals surface area contributed by atoms with Crippen LogP contribution in [0.5, 0.6) is 17.2 Å². The van der Waals surface area contributed by atoms with Gasteiger partial charge in [0.25, 0.3) is 10.0 Å². The van der Waals surface area contributed by atoms with Crippen molar-refractivity contribution < 1.29 is 49.7 Å². The molecule has 0 saturated carbocycles. The smallest absolute Gasteiger partial charge is 0.406 e. The molecule has 3 aromatic carbocycles. The van der Waals surface area contributed by atoms with Crippen LogP contribution in [0.25, 0.3) is 0 Å². The summed E-state index contributed by atoms with van der Waals surface area (Å²) in [5.41, 5.74) is 0.693. The summed E-state index contributed by atoms with van der Waals surface area (Å²) in [5, 5.41) is 4.93. The van der Waals surface area contributed by atoms with Gasteiger partial charge < -0.3 is 34.5 Å². The van der Waals surface area contributed by atoms with E-state index in [1.54, 1.807) is 18.0 Å². The lowest BCUT2D eigenvalue weighted by molar-refractivity contribution is -0.0498. The van der Waals surface area contributed by atoms with Gasteiger partial charge in [-0.05, 0) is 30.3 Å². The first-order valence-electron chi connectivity index (χ1n) is 14.4. The molecule has 0 spiro atoms. The second kappa shape index (κ2) is 16.4. The minimum atomic E-state index is -4.84. The van der Waals surface area contributed by atoms with Gasteiger partial charge in [0.15, 0.2) is 5.82 Å². The van der Waals surface area contributed by atoms with Crippen molar-refractivity contribution >= 4 is 50.7 Å². The maximum atomic E-state index is 15.9. The lowest BCUT2D eigenvalue weighted by atomic mass is 10.2. The van der Waals surface area contributed by atoms with Crippen molar-refractivity contribution in [1.29, 1.82) is 0 Å². The Kier molecular flexibility index (Phi) is 12.4. The van der Waals surface area contributed by atoms with Crippen molar-refractivity contribution in [1.82, 2.24) is 15.3 Å². The SMILES string of the molecule is CNC(=O)OCCN(C)c1cc(OC(F)F)ccc1Nc1cc(F)c(S(=O)(=O)N(Cc2ccc(OC)cc2OC)c2ncc(F)cn2)cc1Cl. The minimum absolute atomic E-state index is 0.0891. The molecule has 0 atom stereocenters. The molecule has 19 heteroatoms. The quantitative estimate of drug-likeness (QED) is 0.139. The van der Waals surface area contributed by atoms with Crippen molar-refractivity contribution in [3.63, 3.8) is 0 Å². The lowest BCUT2D eigenvalue weighted by Crippen LogP contribution is -2.33. The van der Waals surface area contributed by atoms with Gasteiger partial charge >= 0.3 is 12.7 Å². The van der Waals surface area contributed by atoms with Crippen LogP contribution >= 0.6 is 11.6 Å². The van der Waals surface area contributed by atoms with Crippen LogP contribution in [0.15, 0.2) is 65.8 Å². The number of ether oxygens (including phenoxy) is 4. The van der Waals surface area contributed by atoms with Gasteiger partial charge in [0, 0.05) is 37.9 Å². The molecule has 2 N–H and O–H groups in total. The number of nitrogens with zero attached hydrogens (tertiary/aromatic N) is 4. The minimum Gasteiger partial charge on any atom is -0.497 e. The van der Waals surface area contributed by atoms with E-state index in [9.17, 15) is 26.4 Å². The summed E-state index contributed by atoms with van der Waals surface area (Å²) in [6, 6.07) is 10.1. The van der Waals surface area contributed by atoms with E-state index in [1.807, 2.05) is 0 Å². The van der Waals surface area contributed by atoms with E-state index >= 15 is 4.39 Å². The van der Waals surface area contributed by atoms with Crippen LogP contribution in [-0.4, -0.2) is 72.6 Å². The number of rotatable bonds is 15. The average Bonchev–Trinajstić information content (AvgIpc) is 3.09. The second-order valence-electron chi connectivity index (χ2n) is 10.1. The number of methoxy groups -OCH3 is 2. The molecule has 0 aliphatic carbocycles. The fourth-order valence-electron chi connectivity index (χ4n) is 4.50. The highest BCUT2D eigenvalue weighted by Gasteiger charge is 2.32. The van der Waals surface area contributed by atoms with Gasteiger partial charge in [-0.15, -0.1) is 0 Å². The number of likely N-dealkylation sites (N-methyl/N-ethyl adjacent to an activating group) is 1. The summed E-state index contributed by atoms with van der Waals surface area (Å²) in [7, 11) is 0.906. The molecule has 0 aliphatic heterocycles. The number of hydrogen-bond donors (Lipinski definition) is 2. The van der Waals surface area contributed by atoms with Crippen LogP contribution in [0.4, 0.5) is 45.4 Å². The van der Waals surface area contributed by atoms with Crippen molar-refractivity contribution in [3.05, 3.63) is 83.1 Å². The number of alkyl halides is 2. The third-order valence-electron chi connectivity index (χ3n) is 6.97. The molecule has 1 heterocycles. The van der Waals surface area contributed by atoms with E-state index in [4.69, 9.17) is 25.8 Å². The second-order valence-corrected chi connectivity index (χ2v) is 12.4. The zero-order valence-electron chi connectivity index (χ0n) is 26.9. The number of alkyl carbamates (subject to hydrolysis) is 1. The summed E-state index contributed by atoms with van der Waals surface area (Å²) in [6.45, 7) is -3.58. The molecule has 0 unspecified atom stereocenters. The molecular weight excluding hydrogens is 712 g/mol. The van der Waals surface area contributed by atoms with Gasteiger partial charge in [-0.1, -0.05) is 11.6 Å². The monoisotopic (exact) mass is 742 g/mol.